The van der Waals surface area contributed by atoms with Crippen LogP contribution in [0.3, 0.4) is 0 Å². The Labute approximate surface area is 242 Å². The van der Waals surface area contributed by atoms with Crippen molar-refractivity contribution in [2.24, 2.45) is 0 Å². The number of aromatic nitrogens is 5. The second-order valence-corrected chi connectivity index (χ2v) is 9.70. The smallest absolute Gasteiger partial charge is 0.421 e. The van der Waals surface area contributed by atoms with Gasteiger partial charge in [-0.1, -0.05) is 11.2 Å². The van der Waals surface area contributed by atoms with Crippen LogP contribution in [0, 0.1) is 6.92 Å². The number of pyridine rings is 2. The van der Waals surface area contributed by atoms with Crippen LogP contribution in [0.1, 0.15) is 40.3 Å². The Bertz CT molecular complexity index is 1700. The molecule has 0 unspecified atom stereocenters. The molecule has 1 aliphatic carbocycles. The SMILES string of the molecule is CNc1ncn(C2(C(=O)Nc3cccc(-c4cnc(OC)c(C(F)(F)F)c4)n3)CC2)c1C(=O)N(C=O)Cc1cc(C)on1. The zero-order chi connectivity index (χ0) is 30.9. The van der Waals surface area contributed by atoms with Gasteiger partial charge in [-0.3, -0.25) is 19.3 Å². The molecule has 0 aliphatic heterocycles. The maximum Gasteiger partial charge on any atom is 0.421 e. The monoisotopic (exact) mass is 598 g/mol. The molecule has 1 fully saturated rings. The summed E-state index contributed by atoms with van der Waals surface area (Å²) in [6.07, 6.45) is -1.14. The summed E-state index contributed by atoms with van der Waals surface area (Å²) in [5.41, 5.74) is -1.77. The lowest BCUT2D eigenvalue weighted by Crippen LogP contribution is -2.38. The average Bonchev–Trinajstić information content (AvgIpc) is 3.52. The van der Waals surface area contributed by atoms with Crippen LogP contribution in [0.4, 0.5) is 24.8 Å². The number of nitrogens with zero attached hydrogens (tertiary/aromatic N) is 6. The quantitative estimate of drug-likeness (QED) is 0.258. The maximum atomic E-state index is 13.6. The van der Waals surface area contributed by atoms with E-state index >= 15 is 0 Å². The molecule has 3 amide bonds. The molecule has 2 N–H and O–H groups in total. The first-order valence-electron chi connectivity index (χ1n) is 12.8. The predicted molar refractivity (Wildman–Crippen MR) is 144 cm³/mol. The lowest BCUT2D eigenvalue weighted by atomic mass is 10.1. The summed E-state index contributed by atoms with van der Waals surface area (Å²) in [7, 11) is 2.63. The minimum atomic E-state index is -4.71. The summed E-state index contributed by atoms with van der Waals surface area (Å²) >= 11 is 0. The van der Waals surface area contributed by atoms with Crippen LogP contribution in [0.5, 0.6) is 5.88 Å². The minimum Gasteiger partial charge on any atom is -0.481 e. The number of rotatable bonds is 10. The van der Waals surface area contributed by atoms with Gasteiger partial charge in [0.05, 0.1) is 25.7 Å². The van der Waals surface area contributed by atoms with Crippen LogP contribution in [0.15, 0.2) is 47.4 Å². The van der Waals surface area contributed by atoms with Gasteiger partial charge in [0.25, 0.3) is 11.8 Å². The van der Waals surface area contributed by atoms with Crippen LogP contribution in [-0.2, 0) is 27.8 Å². The van der Waals surface area contributed by atoms with E-state index in [4.69, 9.17) is 9.26 Å². The zero-order valence-corrected chi connectivity index (χ0v) is 23.1. The summed E-state index contributed by atoms with van der Waals surface area (Å²) in [6, 6.07) is 6.93. The lowest BCUT2D eigenvalue weighted by molar-refractivity contribution is -0.139. The number of hydrogen-bond donors (Lipinski definition) is 2. The molecule has 13 nitrogen and oxygen atoms in total. The van der Waals surface area contributed by atoms with Gasteiger partial charge in [0, 0.05) is 24.9 Å². The van der Waals surface area contributed by atoms with E-state index in [1.165, 1.54) is 35.3 Å². The number of halogens is 3. The van der Waals surface area contributed by atoms with Crippen molar-refractivity contribution in [1.82, 2.24) is 29.6 Å². The highest BCUT2D eigenvalue weighted by Crippen LogP contribution is 2.46. The predicted octanol–water partition coefficient (Wildman–Crippen LogP) is 3.63. The van der Waals surface area contributed by atoms with Crippen molar-refractivity contribution >= 4 is 29.9 Å². The molecule has 0 spiro atoms. The molecule has 1 aliphatic rings. The third-order valence-corrected chi connectivity index (χ3v) is 6.85. The zero-order valence-electron chi connectivity index (χ0n) is 23.1. The molecule has 43 heavy (non-hydrogen) atoms. The highest BCUT2D eigenvalue weighted by atomic mass is 19.4. The molecule has 1 saturated carbocycles. The standard InChI is InChI=1S/C27H25F3N8O5/c1-15-9-17(36-43-15)12-37(14-39)24(40)21-22(31-2)33-13-38(21)26(7-8-26)25(41)35-20-6-4-5-19(34-20)16-10-18(27(28,29)30)23(42-3)32-11-16/h4-6,9-11,13-14,31H,7-8,12H2,1-3H3,(H,34,35,41). The molecule has 0 saturated heterocycles. The number of carbonyl (C=O) groups excluding carboxylic acids is 3. The molecule has 0 aromatic carbocycles. The molecule has 4 aromatic heterocycles. The Kier molecular flexibility index (Phi) is 7.60. The summed E-state index contributed by atoms with van der Waals surface area (Å²) in [6.45, 7) is 1.51. The fourth-order valence-corrected chi connectivity index (χ4v) is 4.57. The van der Waals surface area contributed by atoms with Crippen molar-refractivity contribution in [2.75, 3.05) is 24.8 Å². The molecule has 16 heteroatoms. The van der Waals surface area contributed by atoms with Crippen LogP contribution in [0.2, 0.25) is 0 Å². The number of hydrogen-bond acceptors (Lipinski definition) is 10. The third kappa shape index (κ3) is 5.62. The van der Waals surface area contributed by atoms with Gasteiger partial charge in [0.1, 0.15) is 28.4 Å². The molecule has 0 bridgehead atoms. The Morgan fingerprint density at radius 2 is 2.00 bits per heavy atom. The van der Waals surface area contributed by atoms with Crippen LogP contribution in [0.25, 0.3) is 11.3 Å². The Balaban J connectivity index is 1.41. The van der Waals surface area contributed by atoms with Gasteiger partial charge >= 0.3 is 6.18 Å². The first-order valence-corrected chi connectivity index (χ1v) is 12.8. The Morgan fingerprint density at radius 3 is 2.60 bits per heavy atom. The molecule has 4 aromatic rings. The fraction of sp³-hybridized carbons (Fsp3) is 0.296. The van der Waals surface area contributed by atoms with E-state index in [-0.39, 0.29) is 35.1 Å². The molecule has 0 atom stereocenters. The first kappa shape index (κ1) is 29.2. The van der Waals surface area contributed by atoms with E-state index in [1.807, 2.05) is 0 Å². The van der Waals surface area contributed by atoms with Crippen molar-refractivity contribution in [3.63, 3.8) is 0 Å². The van der Waals surface area contributed by atoms with Crippen molar-refractivity contribution in [1.29, 1.82) is 0 Å². The molecular formula is C27H25F3N8O5. The first-order chi connectivity index (χ1) is 20.5. The van der Waals surface area contributed by atoms with Gasteiger partial charge in [-0.15, -0.1) is 0 Å². The van der Waals surface area contributed by atoms with E-state index in [0.29, 0.717) is 30.7 Å². The van der Waals surface area contributed by atoms with E-state index < -0.39 is 35.0 Å². The number of alkyl halides is 3. The number of carbonyl (C=O) groups is 3. The summed E-state index contributed by atoms with van der Waals surface area (Å²) in [4.78, 5) is 52.2. The lowest BCUT2D eigenvalue weighted by Gasteiger charge is -2.22. The van der Waals surface area contributed by atoms with Crippen molar-refractivity contribution in [3.05, 3.63) is 65.6 Å². The molecule has 5 rings (SSSR count). The molecule has 4 heterocycles. The number of aryl methyl sites for hydroxylation is 1. The molecule has 0 radical (unpaired) electrons. The fourth-order valence-electron chi connectivity index (χ4n) is 4.57. The Morgan fingerprint density at radius 1 is 1.23 bits per heavy atom. The number of amides is 3. The largest absolute Gasteiger partial charge is 0.481 e. The van der Waals surface area contributed by atoms with Crippen LogP contribution in [-0.4, -0.2) is 62.0 Å². The van der Waals surface area contributed by atoms with Crippen molar-refractivity contribution in [3.8, 4) is 17.1 Å². The summed E-state index contributed by atoms with van der Waals surface area (Å²) in [5.74, 6) is -1.10. The number of imidazole rings is 1. The number of methoxy groups -OCH3 is 1. The summed E-state index contributed by atoms with van der Waals surface area (Å²) < 4.78 is 51.7. The van der Waals surface area contributed by atoms with Gasteiger partial charge in [0.2, 0.25) is 12.3 Å². The van der Waals surface area contributed by atoms with Crippen LogP contribution < -0.4 is 15.4 Å². The van der Waals surface area contributed by atoms with Gasteiger partial charge in [-0.25, -0.2) is 15.0 Å². The van der Waals surface area contributed by atoms with Gasteiger partial charge in [-0.05, 0) is 38.0 Å². The van der Waals surface area contributed by atoms with E-state index in [0.717, 1.165) is 18.1 Å². The minimum absolute atomic E-state index is 0.0202. The number of ether oxygens (including phenoxy) is 1. The number of anilines is 2. The second-order valence-electron chi connectivity index (χ2n) is 9.70. The summed E-state index contributed by atoms with van der Waals surface area (Å²) in [5, 5.41) is 9.33. The topological polar surface area (TPSA) is 157 Å². The van der Waals surface area contributed by atoms with Gasteiger partial charge in [-0.2, -0.15) is 13.2 Å². The van der Waals surface area contributed by atoms with Gasteiger partial charge in [0.15, 0.2) is 11.5 Å². The average molecular weight is 599 g/mol. The normalized spacial score (nSPS) is 13.7. The maximum absolute atomic E-state index is 13.6. The number of imide groups is 1. The van der Waals surface area contributed by atoms with Crippen molar-refractivity contribution in [2.45, 2.75) is 38.0 Å². The van der Waals surface area contributed by atoms with Gasteiger partial charge < -0.3 is 24.5 Å². The van der Waals surface area contributed by atoms with Crippen LogP contribution >= 0.6 is 0 Å². The molecular weight excluding hydrogens is 573 g/mol. The number of nitrogens with one attached hydrogen (secondary N) is 2. The van der Waals surface area contributed by atoms with E-state index in [9.17, 15) is 27.6 Å². The highest BCUT2D eigenvalue weighted by Gasteiger charge is 2.54. The molecule has 224 valence electrons. The van der Waals surface area contributed by atoms with Crippen molar-refractivity contribution < 1.29 is 36.8 Å². The highest BCUT2D eigenvalue weighted by molar-refractivity contribution is 6.04. The van der Waals surface area contributed by atoms with E-state index in [1.54, 1.807) is 20.0 Å². The van der Waals surface area contributed by atoms with E-state index in [2.05, 4.69) is 30.7 Å². The second kappa shape index (κ2) is 11.2. The Hall–Kier alpha value is -5.28. The third-order valence-electron chi connectivity index (χ3n) is 6.85.